The minimum atomic E-state index is 0.117. The third kappa shape index (κ3) is 2.25. The van der Waals surface area contributed by atoms with Gasteiger partial charge in [-0.15, -0.1) is 9.36 Å². The molecule has 3 nitrogen and oxygen atoms in total. The monoisotopic (exact) mass is 373 g/mol. The molecule has 28 heavy (non-hydrogen) atoms. The summed E-state index contributed by atoms with van der Waals surface area (Å²) >= 11 is 0. The Hall–Kier alpha value is -2.55. The number of hydrogen-bond donors (Lipinski definition) is 0. The summed E-state index contributed by atoms with van der Waals surface area (Å²) in [6, 6.07) is 11.1. The predicted molar refractivity (Wildman–Crippen MR) is 114 cm³/mol. The number of hydrogen-bond acceptors (Lipinski definition) is 1. The predicted octanol–water partition coefficient (Wildman–Crippen LogP) is 5.86. The van der Waals surface area contributed by atoms with Crippen LogP contribution in [-0.2, 0) is 17.9 Å². The second-order valence-electron chi connectivity index (χ2n) is 9.75. The Morgan fingerprint density at radius 1 is 0.929 bits per heavy atom. The molecule has 0 saturated heterocycles. The molecule has 0 aliphatic heterocycles. The van der Waals surface area contributed by atoms with Crippen LogP contribution >= 0.6 is 0 Å². The largest absolute Gasteiger partial charge is 0.453 e. The van der Waals surface area contributed by atoms with Crippen LogP contribution < -0.4 is 4.68 Å². The van der Waals surface area contributed by atoms with Crippen molar-refractivity contribution in [1.29, 1.82) is 0 Å². The molecule has 0 radical (unpaired) electrons. The summed E-state index contributed by atoms with van der Waals surface area (Å²) in [5.41, 5.74) is 7.55. The molecule has 144 valence electrons. The van der Waals surface area contributed by atoms with Gasteiger partial charge in [0.05, 0.1) is 6.20 Å². The Bertz CT molecular complexity index is 1240. The first kappa shape index (κ1) is 17.5. The van der Waals surface area contributed by atoms with E-state index < -0.39 is 0 Å². The lowest BCUT2D eigenvalue weighted by molar-refractivity contribution is -0.744. The molecule has 0 atom stereocenters. The smallest absolute Gasteiger partial charge is 0.195 e. The molecule has 2 aromatic carbocycles. The Morgan fingerprint density at radius 3 is 2.32 bits per heavy atom. The Morgan fingerprint density at radius 2 is 1.61 bits per heavy atom. The van der Waals surface area contributed by atoms with Crippen LogP contribution in [0, 0.1) is 6.92 Å². The van der Waals surface area contributed by atoms with Gasteiger partial charge in [0.15, 0.2) is 24.5 Å². The number of rotatable bonds is 1. The SMILES string of the molecule is Cc1ccc2c(oc3c4c(ccc32)C(C)(C)CCC4(C)C)c1-n1ccc[n+]1C. The van der Waals surface area contributed by atoms with Gasteiger partial charge >= 0.3 is 0 Å². The Kier molecular flexibility index (Phi) is 3.44. The highest BCUT2D eigenvalue weighted by atomic mass is 16.3. The van der Waals surface area contributed by atoms with Crippen molar-refractivity contribution >= 4 is 21.9 Å². The third-order valence-corrected chi connectivity index (χ3v) is 6.86. The lowest BCUT2D eigenvalue weighted by Crippen LogP contribution is -2.37. The molecular weight excluding hydrogens is 344 g/mol. The van der Waals surface area contributed by atoms with Gasteiger partial charge in [0.1, 0.15) is 5.58 Å². The maximum atomic E-state index is 6.74. The maximum absolute atomic E-state index is 6.74. The van der Waals surface area contributed by atoms with Crippen molar-refractivity contribution in [2.45, 2.75) is 58.3 Å². The summed E-state index contributed by atoms with van der Waals surface area (Å²) in [6.07, 6.45) is 6.55. The van der Waals surface area contributed by atoms with Gasteiger partial charge in [0.25, 0.3) is 0 Å². The molecule has 2 heterocycles. The first-order chi connectivity index (χ1) is 13.2. The van der Waals surface area contributed by atoms with E-state index in [2.05, 4.69) is 93.8 Å². The first-order valence-corrected chi connectivity index (χ1v) is 10.2. The number of nitrogens with zero attached hydrogens (tertiary/aromatic N) is 2. The fourth-order valence-electron chi connectivity index (χ4n) is 5.05. The second kappa shape index (κ2) is 5.50. The molecule has 4 aromatic rings. The molecule has 2 aromatic heterocycles. The molecule has 0 spiro atoms. The van der Waals surface area contributed by atoms with Gasteiger partial charge in [0.2, 0.25) is 0 Å². The van der Waals surface area contributed by atoms with Crippen molar-refractivity contribution in [2.24, 2.45) is 7.05 Å². The van der Waals surface area contributed by atoms with Gasteiger partial charge < -0.3 is 4.42 Å². The molecule has 0 fully saturated rings. The zero-order chi connectivity index (χ0) is 19.8. The van der Waals surface area contributed by atoms with Crippen LogP contribution in [0.1, 0.15) is 57.2 Å². The van der Waals surface area contributed by atoms with Crippen LogP contribution in [0.2, 0.25) is 0 Å². The van der Waals surface area contributed by atoms with E-state index in [1.165, 1.54) is 40.3 Å². The van der Waals surface area contributed by atoms with E-state index in [1.807, 2.05) is 0 Å². The lowest BCUT2D eigenvalue weighted by Gasteiger charge is -2.41. The van der Waals surface area contributed by atoms with E-state index in [4.69, 9.17) is 4.42 Å². The average molecular weight is 374 g/mol. The third-order valence-electron chi connectivity index (χ3n) is 6.86. The van der Waals surface area contributed by atoms with E-state index in [0.717, 1.165) is 16.9 Å². The molecule has 0 amide bonds. The highest BCUT2D eigenvalue weighted by Crippen LogP contribution is 2.50. The highest BCUT2D eigenvalue weighted by molar-refractivity contribution is 6.09. The Labute approximate surface area is 166 Å². The van der Waals surface area contributed by atoms with Crippen molar-refractivity contribution < 1.29 is 9.10 Å². The van der Waals surface area contributed by atoms with Crippen LogP contribution in [0.25, 0.3) is 27.6 Å². The normalized spacial score (nSPS) is 17.9. The quantitative estimate of drug-likeness (QED) is 0.383. The summed E-state index contributed by atoms with van der Waals surface area (Å²) in [4.78, 5) is 0. The number of furan rings is 1. The molecule has 1 aliphatic rings. The summed E-state index contributed by atoms with van der Waals surface area (Å²) < 4.78 is 11.0. The van der Waals surface area contributed by atoms with Gasteiger partial charge in [0, 0.05) is 22.4 Å². The molecule has 1 aliphatic carbocycles. The fourth-order valence-corrected chi connectivity index (χ4v) is 5.05. The topological polar surface area (TPSA) is 21.9 Å². The van der Waals surface area contributed by atoms with Gasteiger partial charge in [-0.25, -0.2) is 0 Å². The number of aromatic nitrogens is 2. The molecule has 0 unspecified atom stereocenters. The minimum Gasteiger partial charge on any atom is -0.453 e. The molecule has 0 saturated carbocycles. The molecule has 0 bridgehead atoms. The van der Waals surface area contributed by atoms with Crippen molar-refractivity contribution in [3.05, 3.63) is 59.4 Å². The summed E-state index contributed by atoms with van der Waals surface area (Å²) in [6.45, 7) is 11.6. The summed E-state index contributed by atoms with van der Waals surface area (Å²) in [7, 11) is 2.06. The maximum Gasteiger partial charge on any atom is 0.195 e. The van der Waals surface area contributed by atoms with E-state index >= 15 is 0 Å². The zero-order valence-corrected chi connectivity index (χ0v) is 17.8. The molecule has 5 rings (SSSR count). The van der Waals surface area contributed by atoms with Gasteiger partial charge in [-0.3, -0.25) is 0 Å². The Balaban J connectivity index is 1.94. The van der Waals surface area contributed by atoms with Crippen LogP contribution in [0.15, 0.2) is 47.1 Å². The van der Waals surface area contributed by atoms with E-state index in [1.54, 1.807) is 0 Å². The highest BCUT2D eigenvalue weighted by Gasteiger charge is 2.39. The van der Waals surface area contributed by atoms with Crippen molar-refractivity contribution in [3.8, 4) is 5.69 Å². The van der Waals surface area contributed by atoms with E-state index in [0.29, 0.717) is 0 Å². The van der Waals surface area contributed by atoms with Gasteiger partial charge in [-0.1, -0.05) is 52.0 Å². The van der Waals surface area contributed by atoms with E-state index in [-0.39, 0.29) is 10.8 Å². The number of fused-ring (bicyclic) bond motifs is 5. The van der Waals surface area contributed by atoms with Crippen molar-refractivity contribution in [1.82, 2.24) is 4.68 Å². The van der Waals surface area contributed by atoms with Crippen LogP contribution in [0.5, 0.6) is 0 Å². The summed E-state index contributed by atoms with van der Waals surface area (Å²) in [5, 5.41) is 2.43. The average Bonchev–Trinajstić information content (AvgIpc) is 3.21. The minimum absolute atomic E-state index is 0.117. The van der Waals surface area contributed by atoms with Gasteiger partial charge in [-0.2, -0.15) is 0 Å². The van der Waals surface area contributed by atoms with Gasteiger partial charge in [-0.05, 0) is 41.7 Å². The van der Waals surface area contributed by atoms with Crippen LogP contribution in [0.3, 0.4) is 0 Å². The second-order valence-corrected chi connectivity index (χ2v) is 9.75. The molecular formula is C25H29N2O+. The van der Waals surface area contributed by atoms with Crippen LogP contribution in [0.4, 0.5) is 0 Å². The van der Waals surface area contributed by atoms with E-state index in [9.17, 15) is 0 Å². The molecule has 3 heteroatoms. The zero-order valence-electron chi connectivity index (χ0n) is 17.8. The lowest BCUT2D eigenvalue weighted by atomic mass is 9.63. The summed E-state index contributed by atoms with van der Waals surface area (Å²) in [5.74, 6) is 0. The number of benzene rings is 2. The number of aryl methyl sites for hydroxylation is 2. The fraction of sp³-hybridized carbons (Fsp3) is 0.400. The first-order valence-electron chi connectivity index (χ1n) is 10.2. The standard InChI is InChI=1S/C25H29N2O/c1-16-8-9-18-17-10-11-19-20(25(4,5)13-12-24(19,2)3)22(17)28-23(18)21(16)27-15-7-14-26(27)6/h7-11,14-15H,12-13H2,1-6H3/q+1. The van der Waals surface area contributed by atoms with Crippen molar-refractivity contribution in [2.75, 3.05) is 0 Å². The van der Waals surface area contributed by atoms with Crippen LogP contribution in [-0.4, -0.2) is 4.68 Å². The molecule has 0 N–H and O–H groups in total. The van der Waals surface area contributed by atoms with Crippen molar-refractivity contribution in [3.63, 3.8) is 0 Å².